The summed E-state index contributed by atoms with van der Waals surface area (Å²) in [6.07, 6.45) is 0. The van der Waals surface area contributed by atoms with Crippen LogP contribution in [0.4, 0.5) is 10.1 Å². The van der Waals surface area contributed by atoms with Crippen molar-refractivity contribution in [3.05, 3.63) is 39.7 Å². The van der Waals surface area contributed by atoms with Gasteiger partial charge in [0.2, 0.25) is 5.91 Å². The summed E-state index contributed by atoms with van der Waals surface area (Å²) in [5.41, 5.74) is 4.13. The van der Waals surface area contributed by atoms with Gasteiger partial charge in [-0.15, -0.1) is 0 Å². The number of carbonyl (C=O) groups excluding carboxylic acids is 2. The Hall–Kier alpha value is -2.51. The Morgan fingerprint density at radius 3 is 2.45 bits per heavy atom. The molecule has 1 atom stereocenters. The fourth-order valence-electron chi connectivity index (χ4n) is 1.63. The highest BCUT2D eigenvalue weighted by Gasteiger charge is 2.26. The first-order valence-corrected chi connectivity index (χ1v) is 5.78. The van der Waals surface area contributed by atoms with E-state index >= 15 is 0 Å². The smallest absolute Gasteiger partial charge is 0.282 e. The minimum Gasteiger partial charge on any atom is -0.368 e. The van der Waals surface area contributed by atoms with Crippen LogP contribution < -0.4 is 11.1 Å². The Morgan fingerprint density at radius 2 is 2.00 bits per heavy atom. The number of halogens is 1. The van der Waals surface area contributed by atoms with Crippen molar-refractivity contribution in [3.63, 3.8) is 0 Å². The van der Waals surface area contributed by atoms with Gasteiger partial charge in [-0.25, -0.2) is 4.39 Å². The predicted molar refractivity (Wildman–Crippen MR) is 68.3 cm³/mol. The van der Waals surface area contributed by atoms with Crippen LogP contribution in [0.5, 0.6) is 0 Å². The number of nitrogens with two attached hydrogens (primary N) is 1. The van der Waals surface area contributed by atoms with E-state index < -0.39 is 39.8 Å². The number of nitrogens with one attached hydrogen (secondary N) is 1. The van der Waals surface area contributed by atoms with Crippen LogP contribution in [-0.2, 0) is 4.79 Å². The molecule has 1 unspecified atom stereocenters. The molecule has 1 rings (SSSR count). The molecule has 0 spiro atoms. The molecule has 0 saturated heterocycles. The zero-order valence-corrected chi connectivity index (χ0v) is 10.9. The van der Waals surface area contributed by atoms with Gasteiger partial charge in [0.05, 0.1) is 4.92 Å². The second kappa shape index (κ2) is 6.09. The van der Waals surface area contributed by atoms with Crippen molar-refractivity contribution in [1.29, 1.82) is 0 Å². The van der Waals surface area contributed by atoms with Crippen LogP contribution in [0.15, 0.2) is 18.2 Å². The van der Waals surface area contributed by atoms with Gasteiger partial charge in [0.25, 0.3) is 11.6 Å². The van der Waals surface area contributed by atoms with Crippen molar-refractivity contribution < 1.29 is 18.9 Å². The van der Waals surface area contributed by atoms with E-state index in [0.29, 0.717) is 0 Å². The molecule has 7 nitrogen and oxygen atoms in total. The molecule has 3 N–H and O–H groups in total. The van der Waals surface area contributed by atoms with Crippen LogP contribution in [0.3, 0.4) is 0 Å². The Kier molecular flexibility index (Phi) is 4.73. The number of rotatable bonds is 5. The van der Waals surface area contributed by atoms with Gasteiger partial charge < -0.3 is 11.1 Å². The number of carbonyl (C=O) groups is 2. The maximum absolute atomic E-state index is 13.1. The summed E-state index contributed by atoms with van der Waals surface area (Å²) in [7, 11) is 0. The summed E-state index contributed by atoms with van der Waals surface area (Å²) in [6, 6.07) is 1.51. The molecular formula is C12H14FN3O4. The first kappa shape index (κ1) is 15.5. The lowest BCUT2D eigenvalue weighted by Crippen LogP contribution is -2.47. The van der Waals surface area contributed by atoms with E-state index in [-0.39, 0.29) is 5.92 Å². The van der Waals surface area contributed by atoms with Gasteiger partial charge in [0.15, 0.2) is 0 Å². The van der Waals surface area contributed by atoms with E-state index in [0.717, 1.165) is 18.2 Å². The van der Waals surface area contributed by atoms with Crippen molar-refractivity contribution in [3.8, 4) is 0 Å². The van der Waals surface area contributed by atoms with Crippen LogP contribution in [0.25, 0.3) is 0 Å². The summed E-state index contributed by atoms with van der Waals surface area (Å²) in [5, 5.41) is 13.1. The zero-order valence-electron chi connectivity index (χ0n) is 10.9. The van der Waals surface area contributed by atoms with Gasteiger partial charge in [0, 0.05) is 6.07 Å². The van der Waals surface area contributed by atoms with E-state index in [1.807, 2.05) is 0 Å². The van der Waals surface area contributed by atoms with E-state index in [1.165, 1.54) is 0 Å². The molecule has 0 aliphatic heterocycles. The number of benzene rings is 1. The third kappa shape index (κ3) is 3.50. The van der Waals surface area contributed by atoms with Crippen LogP contribution in [0.2, 0.25) is 0 Å². The number of amides is 2. The lowest BCUT2D eigenvalue weighted by molar-refractivity contribution is -0.385. The number of primary amides is 1. The average Bonchev–Trinajstić information content (AvgIpc) is 2.34. The van der Waals surface area contributed by atoms with Gasteiger partial charge in [-0.3, -0.25) is 19.7 Å². The standard InChI is InChI=1S/C12H14FN3O4/c1-6(2)10(11(14)17)15-12(18)8-5-7(13)3-4-9(8)16(19)20/h3-6,10H,1-2H3,(H2,14,17)(H,15,18). The molecule has 0 heterocycles. The number of nitro benzene ring substituents is 1. The lowest BCUT2D eigenvalue weighted by atomic mass is 10.0. The predicted octanol–water partition coefficient (Wildman–Crippen LogP) is 0.974. The molecule has 8 heteroatoms. The first-order valence-electron chi connectivity index (χ1n) is 5.78. The van der Waals surface area contributed by atoms with Crippen LogP contribution in [0.1, 0.15) is 24.2 Å². The van der Waals surface area contributed by atoms with Gasteiger partial charge in [0.1, 0.15) is 17.4 Å². The third-order valence-electron chi connectivity index (χ3n) is 2.66. The summed E-state index contributed by atoms with van der Waals surface area (Å²) in [5.74, 6) is -2.79. The molecule has 1 aromatic carbocycles. The topological polar surface area (TPSA) is 115 Å². The van der Waals surface area contributed by atoms with Crippen molar-refractivity contribution in [2.75, 3.05) is 0 Å². The fourth-order valence-corrected chi connectivity index (χ4v) is 1.63. The Bertz CT molecular complexity index is 560. The highest BCUT2D eigenvalue weighted by Crippen LogP contribution is 2.19. The molecule has 0 fully saturated rings. The molecule has 1 aromatic rings. The largest absolute Gasteiger partial charge is 0.368 e. The number of nitrogens with zero attached hydrogens (tertiary/aromatic N) is 1. The maximum Gasteiger partial charge on any atom is 0.282 e. The molecule has 108 valence electrons. The molecule has 0 bridgehead atoms. The van der Waals surface area contributed by atoms with E-state index in [4.69, 9.17) is 5.73 Å². The minimum absolute atomic E-state index is 0.302. The van der Waals surface area contributed by atoms with Crippen molar-refractivity contribution >= 4 is 17.5 Å². The lowest BCUT2D eigenvalue weighted by Gasteiger charge is -2.18. The van der Waals surface area contributed by atoms with Gasteiger partial charge in [-0.2, -0.15) is 0 Å². The molecular weight excluding hydrogens is 269 g/mol. The molecule has 0 aliphatic rings. The van der Waals surface area contributed by atoms with E-state index in [2.05, 4.69) is 5.32 Å². The summed E-state index contributed by atoms with van der Waals surface area (Å²) in [6.45, 7) is 3.30. The summed E-state index contributed by atoms with van der Waals surface area (Å²) in [4.78, 5) is 33.1. The van der Waals surface area contributed by atoms with E-state index in [1.54, 1.807) is 13.8 Å². The molecule has 0 radical (unpaired) electrons. The van der Waals surface area contributed by atoms with E-state index in [9.17, 15) is 24.1 Å². The minimum atomic E-state index is -0.995. The Balaban J connectivity index is 3.11. The average molecular weight is 283 g/mol. The SMILES string of the molecule is CC(C)C(NC(=O)c1cc(F)ccc1[N+](=O)[O-])C(N)=O. The van der Waals surface area contributed by atoms with Gasteiger partial charge in [-0.05, 0) is 18.1 Å². The quantitative estimate of drug-likeness (QED) is 0.618. The van der Waals surface area contributed by atoms with Crippen molar-refractivity contribution in [1.82, 2.24) is 5.32 Å². The Labute approximate surface area is 114 Å². The van der Waals surface area contributed by atoms with Crippen molar-refractivity contribution in [2.24, 2.45) is 11.7 Å². The molecule has 0 saturated carbocycles. The third-order valence-corrected chi connectivity index (χ3v) is 2.66. The second-order valence-corrected chi connectivity index (χ2v) is 4.52. The van der Waals surface area contributed by atoms with Crippen LogP contribution in [0, 0.1) is 21.8 Å². The number of hydrogen-bond acceptors (Lipinski definition) is 4. The van der Waals surface area contributed by atoms with Crippen LogP contribution in [-0.4, -0.2) is 22.8 Å². The van der Waals surface area contributed by atoms with Gasteiger partial charge in [-0.1, -0.05) is 13.8 Å². The maximum atomic E-state index is 13.1. The number of nitro groups is 1. The summed E-state index contributed by atoms with van der Waals surface area (Å²) >= 11 is 0. The molecule has 0 aliphatic carbocycles. The second-order valence-electron chi connectivity index (χ2n) is 4.52. The monoisotopic (exact) mass is 283 g/mol. The molecule has 20 heavy (non-hydrogen) atoms. The number of hydrogen-bond donors (Lipinski definition) is 2. The molecule has 2 amide bonds. The zero-order chi connectivity index (χ0) is 15.4. The summed E-state index contributed by atoms with van der Waals surface area (Å²) < 4.78 is 13.1. The normalized spacial score (nSPS) is 12.0. The van der Waals surface area contributed by atoms with Crippen LogP contribution >= 0.6 is 0 Å². The van der Waals surface area contributed by atoms with Gasteiger partial charge >= 0.3 is 0 Å². The van der Waals surface area contributed by atoms with Crippen molar-refractivity contribution in [2.45, 2.75) is 19.9 Å². The molecule has 0 aromatic heterocycles. The first-order chi connectivity index (χ1) is 9.23. The highest BCUT2D eigenvalue weighted by atomic mass is 19.1. The fraction of sp³-hybridized carbons (Fsp3) is 0.333. The highest BCUT2D eigenvalue weighted by molar-refractivity contribution is 6.00. The Morgan fingerprint density at radius 1 is 1.40 bits per heavy atom.